The van der Waals surface area contributed by atoms with Crippen LogP contribution in [0.15, 0.2) is 29.2 Å². The maximum absolute atomic E-state index is 11.9. The lowest BCUT2D eigenvalue weighted by Gasteiger charge is -2.24. The number of carbonyl (C=O) groups is 1. The minimum absolute atomic E-state index is 0.0766. The molecule has 3 rings (SSSR count). The zero-order chi connectivity index (χ0) is 17.5. The van der Waals surface area contributed by atoms with Gasteiger partial charge in [-0.1, -0.05) is 12.1 Å². The van der Waals surface area contributed by atoms with Crippen molar-refractivity contribution < 1.29 is 18.3 Å². The van der Waals surface area contributed by atoms with Gasteiger partial charge in [0.25, 0.3) is 0 Å². The van der Waals surface area contributed by atoms with E-state index in [1.807, 2.05) is 18.4 Å². The van der Waals surface area contributed by atoms with Crippen molar-refractivity contribution in [3.63, 3.8) is 0 Å². The van der Waals surface area contributed by atoms with Crippen molar-refractivity contribution in [1.82, 2.24) is 9.21 Å². The van der Waals surface area contributed by atoms with Crippen molar-refractivity contribution in [1.29, 1.82) is 0 Å². The SMILES string of the molecule is CSc1cccc(CN2C[C@@H]3CN(S(C)(=O)=O)C[C@]3(C(=O)O)C2)c1. The van der Waals surface area contributed by atoms with Gasteiger partial charge in [-0.3, -0.25) is 9.69 Å². The van der Waals surface area contributed by atoms with Gasteiger partial charge in [0.05, 0.1) is 11.7 Å². The van der Waals surface area contributed by atoms with E-state index in [-0.39, 0.29) is 12.5 Å². The summed E-state index contributed by atoms with van der Waals surface area (Å²) >= 11 is 1.68. The van der Waals surface area contributed by atoms with Gasteiger partial charge in [0, 0.05) is 43.5 Å². The molecule has 8 heteroatoms. The topological polar surface area (TPSA) is 77.9 Å². The fourth-order valence-corrected chi connectivity index (χ4v) is 5.23. The molecule has 0 unspecified atom stereocenters. The van der Waals surface area contributed by atoms with Gasteiger partial charge in [0.15, 0.2) is 0 Å². The first-order valence-electron chi connectivity index (χ1n) is 7.78. The first kappa shape index (κ1) is 17.7. The fourth-order valence-electron chi connectivity index (χ4n) is 3.83. The Kier molecular flexibility index (Phi) is 4.67. The molecule has 0 saturated carbocycles. The van der Waals surface area contributed by atoms with Crippen LogP contribution in [-0.2, 0) is 21.4 Å². The van der Waals surface area contributed by atoms with Crippen LogP contribution in [0.25, 0.3) is 0 Å². The minimum Gasteiger partial charge on any atom is -0.481 e. The molecule has 0 amide bonds. The number of aliphatic carboxylic acids is 1. The van der Waals surface area contributed by atoms with Gasteiger partial charge >= 0.3 is 5.97 Å². The number of carboxylic acid groups (broad SMARTS) is 1. The Labute approximate surface area is 146 Å². The summed E-state index contributed by atoms with van der Waals surface area (Å²) in [5.74, 6) is -1.05. The van der Waals surface area contributed by atoms with Crippen molar-refractivity contribution in [3.8, 4) is 0 Å². The Morgan fingerprint density at radius 1 is 1.38 bits per heavy atom. The molecule has 0 radical (unpaired) electrons. The lowest BCUT2D eigenvalue weighted by atomic mass is 9.81. The molecule has 1 aromatic rings. The second-order valence-electron chi connectivity index (χ2n) is 6.73. The van der Waals surface area contributed by atoms with E-state index in [2.05, 4.69) is 17.0 Å². The molecule has 132 valence electrons. The molecule has 2 saturated heterocycles. The molecule has 0 aliphatic carbocycles. The maximum Gasteiger partial charge on any atom is 0.312 e. The van der Waals surface area contributed by atoms with Gasteiger partial charge in [-0.15, -0.1) is 11.8 Å². The number of thioether (sulfide) groups is 1. The van der Waals surface area contributed by atoms with E-state index in [0.717, 1.165) is 11.8 Å². The van der Waals surface area contributed by atoms with E-state index in [0.29, 0.717) is 26.2 Å². The summed E-state index contributed by atoms with van der Waals surface area (Å²) in [5, 5.41) is 9.77. The molecule has 0 spiro atoms. The van der Waals surface area contributed by atoms with Crippen LogP contribution in [0, 0.1) is 11.3 Å². The molecule has 2 fully saturated rings. The summed E-state index contributed by atoms with van der Waals surface area (Å²) in [6.45, 7) is 2.07. The highest BCUT2D eigenvalue weighted by Crippen LogP contribution is 2.44. The first-order chi connectivity index (χ1) is 11.2. The predicted octanol–water partition coefficient (Wildman–Crippen LogP) is 1.19. The van der Waals surface area contributed by atoms with Crippen molar-refractivity contribution in [2.24, 2.45) is 11.3 Å². The predicted molar refractivity (Wildman–Crippen MR) is 93.5 cm³/mol. The van der Waals surface area contributed by atoms with Crippen LogP contribution in [0.5, 0.6) is 0 Å². The number of hydrogen-bond donors (Lipinski definition) is 1. The molecule has 2 atom stereocenters. The highest BCUT2D eigenvalue weighted by Gasteiger charge is 2.58. The Morgan fingerprint density at radius 3 is 2.71 bits per heavy atom. The van der Waals surface area contributed by atoms with Gasteiger partial charge < -0.3 is 5.11 Å². The Balaban J connectivity index is 1.77. The van der Waals surface area contributed by atoms with E-state index in [1.54, 1.807) is 11.8 Å². The van der Waals surface area contributed by atoms with Crippen molar-refractivity contribution in [3.05, 3.63) is 29.8 Å². The van der Waals surface area contributed by atoms with Crippen LogP contribution in [0.1, 0.15) is 5.56 Å². The zero-order valence-corrected chi connectivity index (χ0v) is 15.4. The summed E-state index contributed by atoms with van der Waals surface area (Å²) in [5.41, 5.74) is 0.169. The maximum atomic E-state index is 11.9. The second-order valence-corrected chi connectivity index (χ2v) is 9.60. The quantitative estimate of drug-likeness (QED) is 0.785. The lowest BCUT2D eigenvalue weighted by molar-refractivity contribution is -0.148. The number of nitrogens with zero attached hydrogens (tertiary/aromatic N) is 2. The van der Waals surface area contributed by atoms with E-state index in [4.69, 9.17) is 0 Å². The van der Waals surface area contributed by atoms with E-state index in [1.165, 1.54) is 9.20 Å². The van der Waals surface area contributed by atoms with Crippen LogP contribution in [0.4, 0.5) is 0 Å². The van der Waals surface area contributed by atoms with E-state index >= 15 is 0 Å². The largest absolute Gasteiger partial charge is 0.481 e. The van der Waals surface area contributed by atoms with Gasteiger partial charge in [0.1, 0.15) is 0 Å². The highest BCUT2D eigenvalue weighted by atomic mass is 32.2. The number of sulfonamides is 1. The van der Waals surface area contributed by atoms with Gasteiger partial charge in [-0.05, 0) is 24.0 Å². The molecule has 6 nitrogen and oxygen atoms in total. The zero-order valence-electron chi connectivity index (χ0n) is 13.8. The van der Waals surface area contributed by atoms with Crippen LogP contribution >= 0.6 is 11.8 Å². The smallest absolute Gasteiger partial charge is 0.312 e. The molecule has 2 aliphatic rings. The van der Waals surface area contributed by atoms with Crippen LogP contribution in [0.3, 0.4) is 0 Å². The molecule has 2 heterocycles. The average molecular weight is 370 g/mol. The third-order valence-electron chi connectivity index (χ3n) is 5.08. The number of benzene rings is 1. The summed E-state index contributed by atoms with van der Waals surface area (Å²) in [7, 11) is -3.35. The van der Waals surface area contributed by atoms with Gasteiger partial charge in [-0.2, -0.15) is 0 Å². The third-order valence-corrected chi connectivity index (χ3v) is 7.03. The standard InChI is InChI=1S/C16H22N2O4S2/c1-23-14-5-3-4-12(6-14)7-17-8-13-9-18(24(2,21)22)11-16(13,10-17)15(19)20/h3-6,13H,7-11H2,1-2H3,(H,19,20)/t13-,16-/m1/s1. The molecule has 0 aromatic heterocycles. The van der Waals surface area contributed by atoms with Crippen molar-refractivity contribution in [2.45, 2.75) is 11.4 Å². The third kappa shape index (κ3) is 3.20. The van der Waals surface area contributed by atoms with E-state index < -0.39 is 21.4 Å². The molecule has 0 bridgehead atoms. The minimum atomic E-state index is -3.35. The second kappa shape index (κ2) is 6.33. The summed E-state index contributed by atoms with van der Waals surface area (Å²) < 4.78 is 24.9. The molecule has 24 heavy (non-hydrogen) atoms. The van der Waals surface area contributed by atoms with Crippen molar-refractivity contribution in [2.75, 3.05) is 38.7 Å². The average Bonchev–Trinajstić information content (AvgIpc) is 3.02. The van der Waals surface area contributed by atoms with Crippen LogP contribution < -0.4 is 0 Å². The lowest BCUT2D eigenvalue weighted by Crippen LogP contribution is -2.41. The summed E-state index contributed by atoms with van der Waals surface area (Å²) in [6.07, 6.45) is 3.17. The number of rotatable bonds is 5. The van der Waals surface area contributed by atoms with E-state index in [9.17, 15) is 18.3 Å². The Hall–Kier alpha value is -1.09. The highest BCUT2D eigenvalue weighted by molar-refractivity contribution is 7.98. The van der Waals surface area contributed by atoms with Crippen molar-refractivity contribution >= 4 is 27.8 Å². The Morgan fingerprint density at radius 2 is 2.12 bits per heavy atom. The monoisotopic (exact) mass is 370 g/mol. The number of fused-ring (bicyclic) bond motifs is 1. The molecule has 1 aromatic carbocycles. The Bertz CT molecular complexity index is 752. The van der Waals surface area contributed by atoms with Gasteiger partial charge in [-0.25, -0.2) is 12.7 Å². The number of carboxylic acids is 1. The summed E-state index contributed by atoms with van der Waals surface area (Å²) in [6, 6.07) is 8.23. The van der Waals surface area contributed by atoms with Crippen LogP contribution in [-0.4, -0.2) is 67.4 Å². The fraction of sp³-hybridized carbons (Fsp3) is 0.562. The number of hydrogen-bond acceptors (Lipinski definition) is 5. The van der Waals surface area contributed by atoms with Gasteiger partial charge in [0.2, 0.25) is 10.0 Å². The molecular formula is C16H22N2O4S2. The number of likely N-dealkylation sites (tertiary alicyclic amines) is 1. The first-order valence-corrected chi connectivity index (χ1v) is 10.9. The normalized spacial score (nSPS) is 28.2. The molecule has 2 aliphatic heterocycles. The summed E-state index contributed by atoms with van der Waals surface area (Å²) in [4.78, 5) is 15.2. The van der Waals surface area contributed by atoms with Crippen LogP contribution in [0.2, 0.25) is 0 Å². The molecular weight excluding hydrogens is 348 g/mol. The molecule has 1 N–H and O–H groups in total.